The molecule has 1 aliphatic heterocycles. The number of hydrogen-bond acceptors (Lipinski definition) is 2. The summed E-state index contributed by atoms with van der Waals surface area (Å²) >= 11 is 0. The zero-order valence-electron chi connectivity index (χ0n) is 9.41. The molecule has 1 N–H and O–H groups in total. The number of carbonyl (C=O) groups excluding carboxylic acids is 1. The van der Waals surface area contributed by atoms with Gasteiger partial charge in [0.25, 0.3) is 0 Å². The van der Waals surface area contributed by atoms with Crippen LogP contribution in [0.4, 0.5) is 0 Å². The maximum atomic E-state index is 12.2. The van der Waals surface area contributed by atoms with Crippen molar-refractivity contribution in [3.63, 3.8) is 0 Å². The van der Waals surface area contributed by atoms with Crippen LogP contribution in [0.3, 0.4) is 0 Å². The van der Waals surface area contributed by atoms with Crippen molar-refractivity contribution in [2.45, 2.75) is 32.2 Å². The Labute approximate surface area is 91.2 Å². The Bertz CT molecular complexity index is 269. The topological polar surface area (TPSA) is 32.3 Å². The van der Waals surface area contributed by atoms with Crippen molar-refractivity contribution in [1.82, 2.24) is 10.2 Å². The zero-order chi connectivity index (χ0) is 10.4. The maximum absolute atomic E-state index is 12.2. The van der Waals surface area contributed by atoms with Gasteiger partial charge in [0.15, 0.2) is 0 Å². The smallest absolute Gasteiger partial charge is 0.225 e. The number of carbonyl (C=O) groups is 1. The highest BCUT2D eigenvalue weighted by Crippen LogP contribution is 2.54. The van der Waals surface area contributed by atoms with E-state index in [1.165, 1.54) is 19.3 Å². The Balaban J connectivity index is 1.59. The maximum Gasteiger partial charge on any atom is 0.225 e. The van der Waals surface area contributed by atoms with Crippen LogP contribution in [-0.2, 0) is 4.79 Å². The summed E-state index contributed by atoms with van der Waals surface area (Å²) in [6.07, 6.45) is 3.77. The van der Waals surface area contributed by atoms with Gasteiger partial charge in [-0.2, -0.15) is 0 Å². The first-order valence-corrected chi connectivity index (χ1v) is 6.26. The molecule has 3 heteroatoms. The normalized spacial score (nSPS) is 43.9. The van der Waals surface area contributed by atoms with Crippen molar-refractivity contribution in [3.8, 4) is 0 Å². The highest BCUT2D eigenvalue weighted by molar-refractivity contribution is 5.79. The van der Waals surface area contributed by atoms with Crippen LogP contribution in [0.1, 0.15) is 26.2 Å². The first-order chi connectivity index (χ1) is 7.24. The van der Waals surface area contributed by atoms with Crippen molar-refractivity contribution in [3.05, 3.63) is 0 Å². The molecule has 0 spiro atoms. The summed E-state index contributed by atoms with van der Waals surface area (Å²) in [5.74, 6) is 2.65. The Hall–Kier alpha value is -0.570. The van der Waals surface area contributed by atoms with Gasteiger partial charge >= 0.3 is 0 Å². The Morgan fingerprint density at radius 3 is 2.67 bits per heavy atom. The number of nitrogens with one attached hydrogen (secondary N) is 1. The van der Waals surface area contributed by atoms with Crippen LogP contribution >= 0.6 is 0 Å². The number of rotatable bonds is 1. The number of amides is 1. The number of hydrogen-bond donors (Lipinski definition) is 1. The fraction of sp³-hybridized carbons (Fsp3) is 0.917. The van der Waals surface area contributed by atoms with Gasteiger partial charge in [-0.15, -0.1) is 0 Å². The van der Waals surface area contributed by atoms with E-state index < -0.39 is 0 Å². The Kier molecular flexibility index (Phi) is 2.23. The minimum absolute atomic E-state index is 0.374. The molecular formula is C12H20N2O. The molecule has 3 rings (SSSR count). The predicted octanol–water partition coefficient (Wildman–Crippen LogP) is 0.853. The molecule has 0 aromatic rings. The van der Waals surface area contributed by atoms with Gasteiger partial charge in [-0.05, 0) is 38.0 Å². The standard InChI is InChI=1S/C12H20N2O/c1-8-7-14(3-2-13-8)12(15)11-5-9-4-10(9)6-11/h8-11,13H,2-7H2,1H3/t8-,9?,10?,11?/m1/s1. The summed E-state index contributed by atoms with van der Waals surface area (Å²) in [5.41, 5.74) is 0. The zero-order valence-corrected chi connectivity index (χ0v) is 9.41. The van der Waals surface area contributed by atoms with E-state index in [0.29, 0.717) is 17.9 Å². The summed E-state index contributed by atoms with van der Waals surface area (Å²) in [6.45, 7) is 4.94. The van der Waals surface area contributed by atoms with Crippen LogP contribution in [0.2, 0.25) is 0 Å². The second-order valence-corrected chi connectivity index (χ2v) is 5.56. The lowest BCUT2D eigenvalue weighted by Gasteiger charge is -2.33. The lowest BCUT2D eigenvalue weighted by Crippen LogP contribution is -2.52. The van der Waals surface area contributed by atoms with E-state index in [9.17, 15) is 4.79 Å². The molecule has 3 nitrogen and oxygen atoms in total. The molecule has 0 aromatic carbocycles. The first-order valence-electron chi connectivity index (χ1n) is 6.26. The van der Waals surface area contributed by atoms with Crippen LogP contribution < -0.4 is 5.32 Å². The van der Waals surface area contributed by atoms with Crippen LogP contribution in [0.5, 0.6) is 0 Å². The van der Waals surface area contributed by atoms with E-state index in [4.69, 9.17) is 0 Å². The van der Waals surface area contributed by atoms with Crippen molar-refractivity contribution < 1.29 is 4.79 Å². The predicted molar refractivity (Wildman–Crippen MR) is 58.4 cm³/mol. The second-order valence-electron chi connectivity index (χ2n) is 5.56. The van der Waals surface area contributed by atoms with Gasteiger partial charge in [-0.25, -0.2) is 0 Å². The second kappa shape index (κ2) is 3.48. The Morgan fingerprint density at radius 1 is 1.27 bits per heavy atom. The minimum atomic E-state index is 0.374. The number of piperazine rings is 1. The van der Waals surface area contributed by atoms with Gasteiger partial charge in [0, 0.05) is 31.6 Å². The molecule has 3 fully saturated rings. The first kappa shape index (κ1) is 9.64. The van der Waals surface area contributed by atoms with Crippen LogP contribution in [0, 0.1) is 17.8 Å². The summed E-state index contributed by atoms with van der Waals surface area (Å²) < 4.78 is 0. The lowest BCUT2D eigenvalue weighted by atomic mass is 10.0. The minimum Gasteiger partial charge on any atom is -0.340 e. The third-order valence-corrected chi connectivity index (χ3v) is 4.27. The van der Waals surface area contributed by atoms with E-state index in [1.54, 1.807) is 0 Å². The molecule has 2 saturated carbocycles. The molecule has 1 saturated heterocycles. The summed E-state index contributed by atoms with van der Waals surface area (Å²) in [5, 5.41) is 3.38. The third-order valence-electron chi connectivity index (χ3n) is 4.27. The van der Waals surface area contributed by atoms with E-state index in [2.05, 4.69) is 17.1 Å². The summed E-state index contributed by atoms with van der Waals surface area (Å²) in [4.78, 5) is 14.3. The highest BCUT2D eigenvalue weighted by atomic mass is 16.2. The average Bonchev–Trinajstić information content (AvgIpc) is 2.85. The van der Waals surface area contributed by atoms with Gasteiger partial charge in [0.1, 0.15) is 0 Å². The van der Waals surface area contributed by atoms with Crippen molar-refractivity contribution in [2.75, 3.05) is 19.6 Å². The summed E-state index contributed by atoms with van der Waals surface area (Å²) in [7, 11) is 0. The molecule has 0 bridgehead atoms. The molecule has 1 heterocycles. The molecule has 0 aromatic heterocycles. The molecule has 0 radical (unpaired) electrons. The number of nitrogens with zero attached hydrogens (tertiary/aromatic N) is 1. The molecule has 2 unspecified atom stereocenters. The van der Waals surface area contributed by atoms with Gasteiger partial charge in [-0.3, -0.25) is 4.79 Å². The van der Waals surface area contributed by atoms with Crippen LogP contribution in [0.25, 0.3) is 0 Å². The van der Waals surface area contributed by atoms with Gasteiger partial charge in [-0.1, -0.05) is 0 Å². The van der Waals surface area contributed by atoms with Crippen LogP contribution in [0.15, 0.2) is 0 Å². The third kappa shape index (κ3) is 1.78. The molecule has 15 heavy (non-hydrogen) atoms. The molecule has 2 aliphatic carbocycles. The van der Waals surface area contributed by atoms with Gasteiger partial charge < -0.3 is 10.2 Å². The quantitative estimate of drug-likeness (QED) is 0.693. The largest absolute Gasteiger partial charge is 0.340 e. The average molecular weight is 208 g/mol. The monoisotopic (exact) mass is 208 g/mol. The highest BCUT2D eigenvalue weighted by Gasteiger charge is 2.48. The van der Waals surface area contributed by atoms with Gasteiger partial charge in [0.2, 0.25) is 5.91 Å². The molecule has 3 aliphatic rings. The molecule has 3 atom stereocenters. The van der Waals surface area contributed by atoms with Crippen molar-refractivity contribution in [2.24, 2.45) is 17.8 Å². The van der Waals surface area contributed by atoms with E-state index in [1.807, 2.05) is 0 Å². The SMILES string of the molecule is C[C@@H]1CN(C(=O)C2CC3CC3C2)CCN1. The molecule has 1 amide bonds. The van der Waals surface area contributed by atoms with Crippen molar-refractivity contribution in [1.29, 1.82) is 0 Å². The Morgan fingerprint density at radius 2 is 2.00 bits per heavy atom. The fourth-order valence-electron chi connectivity index (χ4n) is 3.31. The van der Waals surface area contributed by atoms with E-state index in [0.717, 1.165) is 31.5 Å². The van der Waals surface area contributed by atoms with Crippen LogP contribution in [-0.4, -0.2) is 36.5 Å². The number of fused-ring (bicyclic) bond motifs is 1. The summed E-state index contributed by atoms with van der Waals surface area (Å²) in [6, 6.07) is 0.471. The fourth-order valence-corrected chi connectivity index (χ4v) is 3.31. The lowest BCUT2D eigenvalue weighted by molar-refractivity contribution is -0.136. The van der Waals surface area contributed by atoms with E-state index in [-0.39, 0.29) is 0 Å². The van der Waals surface area contributed by atoms with E-state index >= 15 is 0 Å². The van der Waals surface area contributed by atoms with Crippen molar-refractivity contribution >= 4 is 5.91 Å². The molecular weight excluding hydrogens is 188 g/mol. The molecule has 84 valence electrons. The van der Waals surface area contributed by atoms with Gasteiger partial charge in [0.05, 0.1) is 0 Å².